The van der Waals surface area contributed by atoms with Crippen molar-refractivity contribution in [1.82, 2.24) is 15.0 Å². The van der Waals surface area contributed by atoms with E-state index >= 15 is 0 Å². The molecular formula is C21H27FN4O3. The summed E-state index contributed by atoms with van der Waals surface area (Å²) in [5.41, 5.74) is 0.983. The minimum atomic E-state index is -0.468. The molecule has 4 rings (SSSR count). The van der Waals surface area contributed by atoms with Gasteiger partial charge in [-0.1, -0.05) is 5.16 Å². The van der Waals surface area contributed by atoms with Crippen LogP contribution < -0.4 is 9.64 Å². The number of carbonyl (C=O) groups excluding carboxylic acids is 1. The number of benzene rings is 1. The molecule has 0 radical (unpaired) electrons. The Morgan fingerprint density at radius 3 is 2.76 bits per heavy atom. The first-order valence-corrected chi connectivity index (χ1v) is 9.92. The number of halogens is 1. The van der Waals surface area contributed by atoms with Gasteiger partial charge in [-0.25, -0.2) is 4.39 Å². The maximum atomic E-state index is 13.9. The van der Waals surface area contributed by atoms with Gasteiger partial charge < -0.3 is 24.0 Å². The minimum Gasteiger partial charge on any atom is -0.494 e. The molecule has 8 heteroatoms. The quantitative estimate of drug-likeness (QED) is 0.784. The van der Waals surface area contributed by atoms with E-state index in [1.54, 1.807) is 11.0 Å². The van der Waals surface area contributed by atoms with E-state index in [1.807, 2.05) is 19.0 Å². The zero-order chi connectivity index (χ0) is 20.7. The minimum absolute atomic E-state index is 0.0731. The molecule has 3 heterocycles. The van der Waals surface area contributed by atoms with E-state index in [2.05, 4.69) is 17.1 Å². The van der Waals surface area contributed by atoms with Gasteiger partial charge in [0.05, 0.1) is 7.11 Å². The third-order valence-electron chi connectivity index (χ3n) is 5.95. The van der Waals surface area contributed by atoms with Crippen molar-refractivity contribution >= 4 is 11.7 Å². The molecule has 29 heavy (non-hydrogen) atoms. The van der Waals surface area contributed by atoms with Gasteiger partial charge in [0.25, 0.3) is 5.91 Å². The van der Waals surface area contributed by atoms with Crippen LogP contribution in [-0.4, -0.2) is 74.3 Å². The SMILES string of the molecule is COc1cc(-c2onc(N(C)C)c2C(=O)N2C3CCC2CN(C)CC3)ccc1F. The van der Waals surface area contributed by atoms with E-state index in [0.29, 0.717) is 22.7 Å². The second-order valence-electron chi connectivity index (χ2n) is 8.10. The van der Waals surface area contributed by atoms with Gasteiger partial charge >= 0.3 is 0 Å². The van der Waals surface area contributed by atoms with Crippen LogP contribution in [0.3, 0.4) is 0 Å². The Bertz CT molecular complexity index is 913. The van der Waals surface area contributed by atoms with E-state index in [-0.39, 0.29) is 23.7 Å². The molecule has 2 atom stereocenters. The fourth-order valence-corrected chi connectivity index (χ4v) is 4.48. The zero-order valence-electron chi connectivity index (χ0n) is 17.3. The van der Waals surface area contributed by atoms with Crippen molar-refractivity contribution in [3.63, 3.8) is 0 Å². The van der Waals surface area contributed by atoms with Gasteiger partial charge in [-0.3, -0.25) is 4.79 Å². The van der Waals surface area contributed by atoms with Crippen LogP contribution in [0.15, 0.2) is 22.7 Å². The molecule has 0 spiro atoms. The number of amides is 1. The highest BCUT2D eigenvalue weighted by Gasteiger charge is 2.42. The number of likely N-dealkylation sites (N-methyl/N-ethyl adjacent to an activating group) is 1. The maximum Gasteiger partial charge on any atom is 0.262 e. The van der Waals surface area contributed by atoms with Gasteiger partial charge in [0.2, 0.25) is 0 Å². The Morgan fingerprint density at radius 1 is 1.28 bits per heavy atom. The lowest BCUT2D eigenvalue weighted by Gasteiger charge is -2.29. The number of rotatable bonds is 4. The van der Waals surface area contributed by atoms with Gasteiger partial charge in [0.15, 0.2) is 23.1 Å². The number of nitrogens with zero attached hydrogens (tertiary/aromatic N) is 4. The average molecular weight is 402 g/mol. The Morgan fingerprint density at radius 2 is 2.03 bits per heavy atom. The first-order valence-electron chi connectivity index (χ1n) is 9.92. The van der Waals surface area contributed by atoms with E-state index in [0.717, 1.165) is 32.4 Å². The number of hydrogen-bond acceptors (Lipinski definition) is 6. The number of anilines is 1. The van der Waals surface area contributed by atoms with Crippen LogP contribution in [0.25, 0.3) is 11.3 Å². The van der Waals surface area contributed by atoms with Crippen molar-refractivity contribution in [2.45, 2.75) is 31.3 Å². The molecule has 2 unspecified atom stereocenters. The highest BCUT2D eigenvalue weighted by atomic mass is 19.1. The summed E-state index contributed by atoms with van der Waals surface area (Å²) in [6.07, 6.45) is 2.98. The first kappa shape index (κ1) is 19.7. The van der Waals surface area contributed by atoms with Crippen molar-refractivity contribution in [3.8, 4) is 17.1 Å². The zero-order valence-corrected chi connectivity index (χ0v) is 17.3. The van der Waals surface area contributed by atoms with Crippen molar-refractivity contribution < 1.29 is 18.4 Å². The van der Waals surface area contributed by atoms with Crippen molar-refractivity contribution in [3.05, 3.63) is 29.6 Å². The summed E-state index contributed by atoms with van der Waals surface area (Å²) in [7, 11) is 7.17. The molecule has 2 aliphatic rings. The van der Waals surface area contributed by atoms with Gasteiger partial charge in [-0.05, 0) is 51.1 Å². The van der Waals surface area contributed by atoms with Crippen molar-refractivity contribution in [2.75, 3.05) is 46.2 Å². The van der Waals surface area contributed by atoms with Crippen LogP contribution in [0, 0.1) is 5.82 Å². The molecule has 2 fully saturated rings. The van der Waals surface area contributed by atoms with Crippen LogP contribution in [0.1, 0.15) is 29.6 Å². The van der Waals surface area contributed by atoms with Gasteiger partial charge in [-0.2, -0.15) is 0 Å². The van der Waals surface area contributed by atoms with E-state index in [9.17, 15) is 9.18 Å². The Hall–Kier alpha value is -2.61. The van der Waals surface area contributed by atoms with E-state index in [1.165, 1.54) is 19.2 Å². The standard InChI is InChI=1S/C21H27FN4O3/c1-24(2)20-18(19(29-23-20)13-5-8-16(22)17(11-13)28-4)21(27)26-14-6-7-15(26)12-25(3)10-9-14/h5,8,11,14-15H,6-7,9-10,12H2,1-4H3. The number of carbonyl (C=O) groups is 1. The smallest absolute Gasteiger partial charge is 0.262 e. The fraction of sp³-hybridized carbons (Fsp3) is 0.524. The second-order valence-corrected chi connectivity index (χ2v) is 8.10. The summed E-state index contributed by atoms with van der Waals surface area (Å²) >= 11 is 0. The topological polar surface area (TPSA) is 62.1 Å². The van der Waals surface area contributed by atoms with Crippen LogP contribution in [0.2, 0.25) is 0 Å². The number of methoxy groups -OCH3 is 1. The molecule has 2 aromatic rings. The number of fused-ring (bicyclic) bond motifs is 2. The Balaban J connectivity index is 1.79. The lowest BCUT2D eigenvalue weighted by Crippen LogP contribution is -2.43. The predicted molar refractivity (Wildman–Crippen MR) is 108 cm³/mol. The molecule has 2 bridgehead atoms. The third-order valence-corrected chi connectivity index (χ3v) is 5.95. The number of ether oxygens (including phenoxy) is 1. The number of likely N-dealkylation sites (tertiary alicyclic amines) is 1. The summed E-state index contributed by atoms with van der Waals surface area (Å²) in [5.74, 6) is 0.376. The van der Waals surface area contributed by atoms with E-state index < -0.39 is 5.82 Å². The Kier molecular flexibility index (Phi) is 5.21. The molecule has 2 aliphatic heterocycles. The van der Waals surface area contributed by atoms with Crippen LogP contribution >= 0.6 is 0 Å². The second kappa shape index (κ2) is 7.67. The third kappa shape index (κ3) is 3.46. The van der Waals surface area contributed by atoms with Gasteiger partial charge in [-0.15, -0.1) is 0 Å². The molecule has 1 aromatic heterocycles. The summed E-state index contributed by atoms with van der Waals surface area (Å²) < 4.78 is 24.6. The number of hydrogen-bond donors (Lipinski definition) is 0. The van der Waals surface area contributed by atoms with Crippen molar-refractivity contribution in [2.24, 2.45) is 0 Å². The van der Waals surface area contributed by atoms with E-state index in [4.69, 9.17) is 9.26 Å². The predicted octanol–water partition coefficient (Wildman–Crippen LogP) is 2.86. The van der Waals surface area contributed by atoms with Crippen LogP contribution in [-0.2, 0) is 0 Å². The average Bonchev–Trinajstić information content (AvgIpc) is 3.26. The molecule has 7 nitrogen and oxygen atoms in total. The largest absolute Gasteiger partial charge is 0.494 e. The molecular weight excluding hydrogens is 375 g/mol. The number of aromatic nitrogens is 1. The highest BCUT2D eigenvalue weighted by Crippen LogP contribution is 2.38. The van der Waals surface area contributed by atoms with Gasteiger partial charge in [0.1, 0.15) is 5.56 Å². The maximum absolute atomic E-state index is 13.9. The lowest BCUT2D eigenvalue weighted by atomic mass is 10.1. The molecule has 156 valence electrons. The molecule has 0 aliphatic carbocycles. The normalized spacial score (nSPS) is 21.9. The molecule has 0 N–H and O–H groups in total. The molecule has 2 saturated heterocycles. The summed E-state index contributed by atoms with van der Waals surface area (Å²) in [6.45, 7) is 1.85. The lowest BCUT2D eigenvalue weighted by molar-refractivity contribution is 0.0674. The Labute approximate surface area is 170 Å². The van der Waals surface area contributed by atoms with Crippen LogP contribution in [0.5, 0.6) is 5.75 Å². The van der Waals surface area contributed by atoms with Crippen molar-refractivity contribution in [1.29, 1.82) is 0 Å². The van der Waals surface area contributed by atoms with Gasteiger partial charge in [0, 0.05) is 38.3 Å². The monoisotopic (exact) mass is 402 g/mol. The summed E-state index contributed by atoms with van der Waals surface area (Å²) in [6, 6.07) is 4.83. The summed E-state index contributed by atoms with van der Waals surface area (Å²) in [4.78, 5) is 19.9. The van der Waals surface area contributed by atoms with Crippen LogP contribution in [0.4, 0.5) is 10.2 Å². The fourth-order valence-electron chi connectivity index (χ4n) is 4.48. The highest BCUT2D eigenvalue weighted by molar-refractivity contribution is 6.04. The molecule has 1 aromatic carbocycles. The molecule has 1 amide bonds. The first-order chi connectivity index (χ1) is 13.9. The summed E-state index contributed by atoms with van der Waals surface area (Å²) in [5, 5.41) is 4.15. The molecule has 0 saturated carbocycles.